The minimum absolute atomic E-state index is 0.495. The molecule has 0 saturated heterocycles. The van der Waals surface area contributed by atoms with Crippen molar-refractivity contribution < 1.29 is 4.74 Å². The molecule has 4 aromatic rings. The molecule has 2 heterocycles. The largest absolute Gasteiger partial charge is 0.496 e. The Morgan fingerprint density at radius 3 is 2.64 bits per heavy atom. The van der Waals surface area contributed by atoms with Crippen LogP contribution in [0.3, 0.4) is 0 Å². The molecule has 0 aliphatic rings. The van der Waals surface area contributed by atoms with Gasteiger partial charge in [-0.1, -0.05) is 30.3 Å². The Kier molecular flexibility index (Phi) is 3.96. The number of tetrazole rings is 1. The van der Waals surface area contributed by atoms with Crippen LogP contribution < -0.4 is 4.74 Å². The zero-order valence-electron chi connectivity index (χ0n) is 13.6. The molecule has 0 fully saturated rings. The summed E-state index contributed by atoms with van der Waals surface area (Å²) in [4.78, 5) is 4.48. The molecule has 0 aliphatic heterocycles. The molecule has 0 atom stereocenters. The lowest BCUT2D eigenvalue weighted by molar-refractivity contribution is 0.416. The lowest BCUT2D eigenvalue weighted by Gasteiger charge is -2.11. The average Bonchev–Trinajstić information content (AvgIpc) is 3.32. The zero-order chi connectivity index (χ0) is 17.1. The summed E-state index contributed by atoms with van der Waals surface area (Å²) in [6.45, 7) is 0.495. The number of para-hydroxylation sites is 2. The standard InChI is InChI=1S/C18H16N6O/c1-25-16-10-6-5-9-15(16)18-19-11-12-23(18)13-17-20-21-22-24(17)14-7-3-2-4-8-14/h2-12H,13H2,1H3. The number of hydrogen-bond acceptors (Lipinski definition) is 5. The van der Waals surface area contributed by atoms with Gasteiger partial charge in [0, 0.05) is 12.4 Å². The van der Waals surface area contributed by atoms with E-state index in [4.69, 9.17) is 4.74 Å². The van der Waals surface area contributed by atoms with Gasteiger partial charge in [-0.3, -0.25) is 0 Å². The predicted octanol–water partition coefficient (Wildman–Crippen LogP) is 2.58. The van der Waals surface area contributed by atoms with Crippen LogP contribution in [0.2, 0.25) is 0 Å². The fourth-order valence-electron chi connectivity index (χ4n) is 2.74. The van der Waals surface area contributed by atoms with Crippen LogP contribution in [0.5, 0.6) is 5.75 Å². The molecule has 0 N–H and O–H groups in total. The molecule has 2 aromatic carbocycles. The predicted molar refractivity (Wildman–Crippen MR) is 92.5 cm³/mol. The Labute approximate surface area is 144 Å². The first kappa shape index (κ1) is 15.1. The van der Waals surface area contributed by atoms with Gasteiger partial charge in [0.05, 0.1) is 24.9 Å². The Morgan fingerprint density at radius 2 is 1.80 bits per heavy atom. The lowest BCUT2D eigenvalue weighted by Crippen LogP contribution is -2.09. The van der Waals surface area contributed by atoms with Crippen LogP contribution in [0, 0.1) is 0 Å². The molecule has 0 unspecified atom stereocenters. The third-order valence-corrected chi connectivity index (χ3v) is 3.91. The van der Waals surface area contributed by atoms with E-state index in [0.717, 1.165) is 28.6 Å². The topological polar surface area (TPSA) is 70.7 Å². The fraction of sp³-hybridized carbons (Fsp3) is 0.111. The van der Waals surface area contributed by atoms with Gasteiger partial charge >= 0.3 is 0 Å². The number of rotatable bonds is 5. The molecule has 25 heavy (non-hydrogen) atoms. The normalized spacial score (nSPS) is 10.8. The van der Waals surface area contributed by atoms with Gasteiger partial charge < -0.3 is 9.30 Å². The van der Waals surface area contributed by atoms with E-state index in [1.54, 1.807) is 18.0 Å². The second-order valence-corrected chi connectivity index (χ2v) is 5.42. The number of methoxy groups -OCH3 is 1. The van der Waals surface area contributed by atoms with E-state index in [-0.39, 0.29) is 0 Å². The third-order valence-electron chi connectivity index (χ3n) is 3.91. The summed E-state index contributed by atoms with van der Waals surface area (Å²) in [6, 6.07) is 17.6. The van der Waals surface area contributed by atoms with Crippen LogP contribution in [-0.4, -0.2) is 36.9 Å². The van der Waals surface area contributed by atoms with Crippen LogP contribution in [0.1, 0.15) is 5.82 Å². The van der Waals surface area contributed by atoms with Crippen LogP contribution in [0.25, 0.3) is 17.1 Å². The van der Waals surface area contributed by atoms with Crippen molar-refractivity contribution in [3.63, 3.8) is 0 Å². The molecule has 0 bridgehead atoms. The van der Waals surface area contributed by atoms with Crippen molar-refractivity contribution in [2.24, 2.45) is 0 Å². The van der Waals surface area contributed by atoms with Gasteiger partial charge in [0.2, 0.25) is 0 Å². The second-order valence-electron chi connectivity index (χ2n) is 5.42. The minimum atomic E-state index is 0.495. The number of ether oxygens (including phenoxy) is 1. The van der Waals surface area contributed by atoms with Gasteiger partial charge in [0.15, 0.2) is 5.82 Å². The van der Waals surface area contributed by atoms with Gasteiger partial charge in [0.1, 0.15) is 11.6 Å². The molecule has 0 radical (unpaired) electrons. The summed E-state index contributed by atoms with van der Waals surface area (Å²) in [5, 5.41) is 12.1. The molecular weight excluding hydrogens is 316 g/mol. The van der Waals surface area contributed by atoms with Crippen molar-refractivity contribution in [1.82, 2.24) is 29.8 Å². The summed E-state index contributed by atoms with van der Waals surface area (Å²) < 4.78 is 9.18. The van der Waals surface area contributed by atoms with Crippen LogP contribution in [0.15, 0.2) is 67.0 Å². The van der Waals surface area contributed by atoms with Gasteiger partial charge in [-0.05, 0) is 34.7 Å². The third kappa shape index (κ3) is 2.87. The minimum Gasteiger partial charge on any atom is -0.496 e. The zero-order valence-corrected chi connectivity index (χ0v) is 13.6. The van der Waals surface area contributed by atoms with E-state index in [1.165, 1.54) is 0 Å². The van der Waals surface area contributed by atoms with E-state index < -0.39 is 0 Å². The Hall–Kier alpha value is -3.48. The Balaban J connectivity index is 1.71. The SMILES string of the molecule is COc1ccccc1-c1nccn1Cc1nnnn1-c1ccccc1. The molecule has 7 heteroatoms. The van der Waals surface area contributed by atoms with E-state index in [2.05, 4.69) is 20.5 Å². The maximum atomic E-state index is 5.45. The quantitative estimate of drug-likeness (QED) is 0.562. The highest BCUT2D eigenvalue weighted by Crippen LogP contribution is 2.28. The second kappa shape index (κ2) is 6.56. The Morgan fingerprint density at radius 1 is 1.00 bits per heavy atom. The van der Waals surface area contributed by atoms with Crippen LogP contribution >= 0.6 is 0 Å². The maximum Gasteiger partial charge on any atom is 0.176 e. The maximum absolute atomic E-state index is 5.45. The van der Waals surface area contributed by atoms with Gasteiger partial charge in [-0.2, -0.15) is 4.68 Å². The monoisotopic (exact) mass is 332 g/mol. The summed E-state index contributed by atoms with van der Waals surface area (Å²) >= 11 is 0. The molecule has 124 valence electrons. The molecule has 0 aliphatic carbocycles. The van der Waals surface area contributed by atoms with Crippen molar-refractivity contribution >= 4 is 0 Å². The van der Waals surface area contributed by atoms with E-state index in [1.807, 2.05) is 65.4 Å². The van der Waals surface area contributed by atoms with Crippen molar-refractivity contribution in [3.8, 4) is 22.8 Å². The average molecular weight is 332 g/mol. The van der Waals surface area contributed by atoms with Crippen molar-refractivity contribution in [1.29, 1.82) is 0 Å². The molecule has 0 amide bonds. The van der Waals surface area contributed by atoms with E-state index in [9.17, 15) is 0 Å². The van der Waals surface area contributed by atoms with Crippen LogP contribution in [0.4, 0.5) is 0 Å². The number of hydrogen-bond donors (Lipinski definition) is 0. The van der Waals surface area contributed by atoms with Crippen molar-refractivity contribution in [2.75, 3.05) is 7.11 Å². The number of nitrogens with zero attached hydrogens (tertiary/aromatic N) is 6. The molecule has 0 spiro atoms. The number of aromatic nitrogens is 6. The van der Waals surface area contributed by atoms with Gasteiger partial charge in [0.25, 0.3) is 0 Å². The molecule has 7 nitrogen and oxygen atoms in total. The summed E-state index contributed by atoms with van der Waals surface area (Å²) in [5.41, 5.74) is 1.84. The summed E-state index contributed by atoms with van der Waals surface area (Å²) in [7, 11) is 1.65. The first-order valence-electron chi connectivity index (χ1n) is 7.84. The van der Waals surface area contributed by atoms with E-state index in [0.29, 0.717) is 6.54 Å². The van der Waals surface area contributed by atoms with Crippen molar-refractivity contribution in [2.45, 2.75) is 6.54 Å². The van der Waals surface area contributed by atoms with Gasteiger partial charge in [-0.15, -0.1) is 5.10 Å². The summed E-state index contributed by atoms with van der Waals surface area (Å²) in [6.07, 6.45) is 3.67. The molecule has 0 saturated carbocycles. The first-order chi connectivity index (χ1) is 12.4. The number of imidazole rings is 1. The van der Waals surface area contributed by atoms with E-state index >= 15 is 0 Å². The fourth-order valence-corrected chi connectivity index (χ4v) is 2.74. The smallest absolute Gasteiger partial charge is 0.176 e. The van der Waals surface area contributed by atoms with Crippen LogP contribution in [-0.2, 0) is 6.54 Å². The Bertz CT molecular complexity index is 976. The first-order valence-corrected chi connectivity index (χ1v) is 7.84. The number of benzene rings is 2. The van der Waals surface area contributed by atoms with Crippen molar-refractivity contribution in [3.05, 3.63) is 72.8 Å². The summed E-state index contributed by atoms with van der Waals surface area (Å²) in [5.74, 6) is 2.30. The van der Waals surface area contributed by atoms with Gasteiger partial charge in [-0.25, -0.2) is 4.98 Å². The molecule has 4 rings (SSSR count). The molecule has 2 aromatic heterocycles. The molecular formula is C18H16N6O. The lowest BCUT2D eigenvalue weighted by atomic mass is 10.2. The highest BCUT2D eigenvalue weighted by Gasteiger charge is 2.14. The highest BCUT2D eigenvalue weighted by molar-refractivity contribution is 5.64. The highest BCUT2D eigenvalue weighted by atomic mass is 16.5.